The summed E-state index contributed by atoms with van der Waals surface area (Å²) in [7, 11) is 3.29. The largest absolute Gasteiger partial charge is 0.465 e. The van der Waals surface area contributed by atoms with Crippen LogP contribution >= 0.6 is 11.6 Å². The molecule has 4 fully saturated rings. The number of rotatable bonds is 18. The molecule has 0 aromatic heterocycles. The van der Waals surface area contributed by atoms with Gasteiger partial charge in [-0.1, -0.05) is 50.1 Å². The van der Waals surface area contributed by atoms with Crippen LogP contribution in [0.3, 0.4) is 0 Å². The van der Waals surface area contributed by atoms with Gasteiger partial charge in [0.05, 0.1) is 48.4 Å². The van der Waals surface area contributed by atoms with Crippen molar-refractivity contribution in [3.63, 3.8) is 0 Å². The van der Waals surface area contributed by atoms with Crippen LogP contribution in [0.15, 0.2) is 30.3 Å². The highest BCUT2D eigenvalue weighted by Crippen LogP contribution is 2.44. The van der Waals surface area contributed by atoms with Crippen LogP contribution in [-0.4, -0.2) is 184 Å². The Morgan fingerprint density at radius 3 is 1.48 bits per heavy atom. The maximum absolute atomic E-state index is 14.0. The molecule has 8 rings (SSSR count). The second-order valence-corrected chi connectivity index (χ2v) is 22.5. The number of anilines is 2. The Bertz CT molecular complexity index is 2380. The lowest BCUT2D eigenvalue weighted by molar-refractivity contribution is -0.159. The number of ether oxygens (including phenoxy) is 6. The fourth-order valence-electron chi connectivity index (χ4n) is 11.7. The van der Waals surface area contributed by atoms with Gasteiger partial charge in [0, 0.05) is 102 Å². The van der Waals surface area contributed by atoms with Crippen molar-refractivity contribution in [3.05, 3.63) is 46.5 Å². The van der Waals surface area contributed by atoms with Gasteiger partial charge in [-0.25, -0.2) is 0 Å². The first-order valence-electron chi connectivity index (χ1n) is 28.3. The van der Waals surface area contributed by atoms with Gasteiger partial charge in [0.25, 0.3) is 46.6 Å². The summed E-state index contributed by atoms with van der Waals surface area (Å²) in [5.41, 5.74) is -1.54. The number of carbonyl (C=O) groups excluding carboxylic acids is 6. The number of halogens is 1. The molecular weight excluding hydrogens is 1010 g/mol. The third-order valence-corrected chi connectivity index (χ3v) is 16.2. The number of benzene rings is 2. The number of morpholine rings is 2. The number of methoxy groups -OCH3 is 2. The molecule has 0 N–H and O–H groups in total. The van der Waals surface area contributed by atoms with E-state index in [1.165, 1.54) is 19.8 Å². The Morgan fingerprint density at radius 2 is 1.04 bits per heavy atom. The third kappa shape index (κ3) is 13.5. The summed E-state index contributed by atoms with van der Waals surface area (Å²) in [6.45, 7) is 16.5. The fraction of sp³-hybridized carbons (Fsp3) is 0.690. The molecule has 0 radical (unpaired) electrons. The molecule has 0 bridgehead atoms. The highest BCUT2D eigenvalue weighted by molar-refractivity contribution is 6.34. The molecule has 77 heavy (non-hydrogen) atoms. The molecule has 4 aliphatic heterocycles. The topological polar surface area (TPSA) is 177 Å². The van der Waals surface area contributed by atoms with E-state index in [2.05, 4.69) is 13.8 Å². The van der Waals surface area contributed by atoms with Gasteiger partial charge < -0.3 is 57.8 Å². The minimum atomic E-state index is -1.74. The standard InChI is InChI=1S/C29H42ClN3O6.C29H43N3O6/c1-20(2)33(21-10-6-5-7-11-21)26(34)22-18-24-25(19-23(22)30)39-29(3,27(35)31-13-16-38-17-14-31)28(36)32(24)12-8-9-15-37-4;1-21(2)32(23-10-6-5-7-11-23)26(33)22-12-13-25-24(20-22)31(14-8-9-17-36-4)28(35)29(3,38-25)27(34)30-15-18-37-19-16-30/h18-21H,5-17H2,1-4H3;12-13,20-21,23H,5-11,14-19H2,1-4H3. The average Bonchev–Trinajstić information content (AvgIpc) is 3.48. The summed E-state index contributed by atoms with van der Waals surface area (Å²) in [6, 6.07) is 8.99. The predicted octanol–water partition coefficient (Wildman–Crippen LogP) is 7.93. The zero-order valence-electron chi connectivity index (χ0n) is 47.0. The Hall–Kier alpha value is -5.01. The summed E-state index contributed by atoms with van der Waals surface area (Å²) >= 11 is 6.74. The van der Waals surface area contributed by atoms with Crippen molar-refractivity contribution in [2.24, 2.45) is 0 Å². The molecule has 2 aromatic carbocycles. The number of nitrogens with zero attached hydrogens (tertiary/aromatic N) is 6. The van der Waals surface area contributed by atoms with Crippen molar-refractivity contribution in [1.82, 2.24) is 19.6 Å². The highest BCUT2D eigenvalue weighted by atomic mass is 35.5. The lowest BCUT2D eigenvalue weighted by Crippen LogP contribution is -2.64. The van der Waals surface area contributed by atoms with Crippen molar-refractivity contribution in [2.75, 3.05) is 103 Å². The first-order chi connectivity index (χ1) is 37.0. The number of fused-ring (bicyclic) bond motifs is 2. The molecule has 2 aromatic rings. The van der Waals surface area contributed by atoms with Gasteiger partial charge in [-0.2, -0.15) is 0 Å². The normalized spacial score (nSPS) is 22.2. The van der Waals surface area contributed by atoms with E-state index in [0.717, 1.165) is 64.2 Å². The molecule has 2 unspecified atom stereocenters. The van der Waals surface area contributed by atoms with Crippen molar-refractivity contribution in [3.8, 4) is 11.5 Å². The van der Waals surface area contributed by atoms with Gasteiger partial charge in [0.2, 0.25) is 0 Å². The maximum Gasteiger partial charge on any atom is 0.280 e. The Balaban J connectivity index is 0.000000224. The SMILES string of the molecule is COCCCCN1C(=O)C(C)(C(=O)N2CCOCC2)Oc2cc(Cl)c(C(=O)N(C(C)C)C3CCCCC3)cc21.COCCCCN1C(=O)C(C)(C(=O)N2CCOCC2)Oc2ccc(C(=O)N(C(C)C)C3CCCCC3)cc21. The Morgan fingerprint density at radius 1 is 0.610 bits per heavy atom. The molecule has 18 nitrogen and oxygen atoms in total. The Kier molecular flexibility index (Phi) is 21.1. The van der Waals surface area contributed by atoms with Gasteiger partial charge >= 0.3 is 0 Å². The van der Waals surface area contributed by atoms with E-state index in [-0.39, 0.29) is 46.9 Å². The van der Waals surface area contributed by atoms with Crippen LogP contribution in [0.5, 0.6) is 11.5 Å². The average molecular weight is 1090 g/mol. The lowest BCUT2D eigenvalue weighted by atomic mass is 9.92. The van der Waals surface area contributed by atoms with E-state index in [9.17, 15) is 28.8 Å². The number of amides is 6. The van der Waals surface area contributed by atoms with E-state index in [1.807, 2.05) is 23.6 Å². The van der Waals surface area contributed by atoms with Crippen LogP contribution in [0.4, 0.5) is 11.4 Å². The summed E-state index contributed by atoms with van der Waals surface area (Å²) in [6.07, 6.45) is 13.7. The smallest absolute Gasteiger partial charge is 0.280 e. The molecule has 4 heterocycles. The van der Waals surface area contributed by atoms with Crippen molar-refractivity contribution in [1.29, 1.82) is 0 Å². The molecule has 2 saturated carbocycles. The number of hydrogen-bond donors (Lipinski definition) is 0. The third-order valence-electron chi connectivity index (χ3n) is 15.9. The van der Waals surface area contributed by atoms with E-state index >= 15 is 0 Å². The number of hydrogen-bond acceptors (Lipinski definition) is 12. The van der Waals surface area contributed by atoms with Crippen LogP contribution in [-0.2, 0) is 38.1 Å². The zero-order chi connectivity index (χ0) is 55.4. The number of carbonyl (C=O) groups is 6. The summed E-state index contributed by atoms with van der Waals surface area (Å²) < 4.78 is 33.5. The molecule has 6 aliphatic rings. The van der Waals surface area contributed by atoms with Crippen LogP contribution in [0, 0.1) is 0 Å². The van der Waals surface area contributed by atoms with E-state index < -0.39 is 28.9 Å². The minimum Gasteiger partial charge on any atom is -0.465 e. The number of unbranched alkanes of at least 4 members (excludes halogenated alkanes) is 2. The first kappa shape index (κ1) is 59.6. The summed E-state index contributed by atoms with van der Waals surface area (Å²) in [5, 5.41) is 0.245. The monoisotopic (exact) mass is 1090 g/mol. The molecular formula is C58H85ClN6O12. The van der Waals surface area contributed by atoms with Gasteiger partial charge in [-0.3, -0.25) is 28.8 Å². The van der Waals surface area contributed by atoms with E-state index in [4.69, 9.17) is 40.0 Å². The Labute approximate surface area is 461 Å². The first-order valence-corrected chi connectivity index (χ1v) is 28.7. The highest BCUT2D eigenvalue weighted by Gasteiger charge is 2.54. The molecule has 2 atom stereocenters. The van der Waals surface area contributed by atoms with Gasteiger partial charge in [-0.05, 0) is 117 Å². The van der Waals surface area contributed by atoms with Crippen LogP contribution in [0.1, 0.15) is 152 Å². The zero-order valence-corrected chi connectivity index (χ0v) is 47.8. The van der Waals surface area contributed by atoms with E-state index in [0.29, 0.717) is 126 Å². The van der Waals surface area contributed by atoms with Crippen LogP contribution in [0.25, 0.3) is 0 Å². The molecule has 426 valence electrons. The lowest BCUT2D eigenvalue weighted by Gasteiger charge is -2.43. The van der Waals surface area contributed by atoms with Gasteiger partial charge in [0.15, 0.2) is 0 Å². The summed E-state index contributed by atoms with van der Waals surface area (Å²) in [5.74, 6) is -1.03. The molecule has 6 amide bonds. The maximum atomic E-state index is 14.0. The molecule has 2 aliphatic carbocycles. The van der Waals surface area contributed by atoms with Gasteiger partial charge in [-0.15, -0.1) is 0 Å². The van der Waals surface area contributed by atoms with Gasteiger partial charge in [0.1, 0.15) is 11.5 Å². The van der Waals surface area contributed by atoms with E-state index in [1.54, 1.807) is 71.1 Å². The predicted molar refractivity (Wildman–Crippen MR) is 294 cm³/mol. The minimum absolute atomic E-state index is 0.00478. The molecule has 2 saturated heterocycles. The molecule has 19 heteroatoms. The van der Waals surface area contributed by atoms with Crippen molar-refractivity contribution >= 4 is 58.4 Å². The quantitative estimate of drug-likeness (QED) is 0.104. The second kappa shape index (κ2) is 27.2. The van der Waals surface area contributed by atoms with Crippen molar-refractivity contribution < 1.29 is 57.2 Å². The van der Waals surface area contributed by atoms with Crippen LogP contribution < -0.4 is 19.3 Å². The fourth-order valence-corrected chi connectivity index (χ4v) is 12.0. The second-order valence-electron chi connectivity index (χ2n) is 22.1. The molecule has 0 spiro atoms. The van der Waals surface area contributed by atoms with Crippen molar-refractivity contribution in [2.45, 2.75) is 167 Å². The summed E-state index contributed by atoms with van der Waals surface area (Å²) in [4.78, 5) is 93.2. The van der Waals surface area contributed by atoms with Crippen LogP contribution in [0.2, 0.25) is 5.02 Å².